The van der Waals surface area contributed by atoms with Gasteiger partial charge in [0.2, 0.25) is 5.91 Å². The molecule has 2 unspecified atom stereocenters. The number of nitrogens with one attached hydrogen (secondary N) is 1. The van der Waals surface area contributed by atoms with Gasteiger partial charge in [-0.05, 0) is 46.9 Å². The van der Waals surface area contributed by atoms with Crippen molar-refractivity contribution < 1.29 is 4.79 Å². The molecule has 27 heavy (non-hydrogen) atoms. The summed E-state index contributed by atoms with van der Waals surface area (Å²) in [5.74, 6) is 0.455. The summed E-state index contributed by atoms with van der Waals surface area (Å²) in [4.78, 5) is 12.4. The largest absolute Gasteiger partial charge is 0.326 e. The summed E-state index contributed by atoms with van der Waals surface area (Å²) in [5.41, 5.74) is 9.39. The molecule has 0 spiro atoms. The van der Waals surface area contributed by atoms with Crippen molar-refractivity contribution in [3.05, 3.63) is 77.9 Å². The zero-order chi connectivity index (χ0) is 18.1. The second-order valence-corrected chi connectivity index (χ2v) is 7.37. The van der Waals surface area contributed by atoms with Crippen LogP contribution in [0.15, 0.2) is 66.7 Å². The van der Waals surface area contributed by atoms with Gasteiger partial charge in [-0.1, -0.05) is 61.5 Å². The van der Waals surface area contributed by atoms with Crippen LogP contribution in [0.2, 0.25) is 0 Å². The Morgan fingerprint density at radius 2 is 1.78 bits per heavy atom. The minimum atomic E-state index is -0.0269. The first-order valence-corrected chi connectivity index (χ1v) is 9.24. The van der Waals surface area contributed by atoms with Crippen LogP contribution in [0.5, 0.6) is 0 Å². The van der Waals surface area contributed by atoms with E-state index >= 15 is 0 Å². The van der Waals surface area contributed by atoms with E-state index < -0.39 is 0 Å². The Bertz CT molecular complexity index is 954. The molecule has 140 valence electrons. The molecule has 1 fully saturated rings. The van der Waals surface area contributed by atoms with E-state index in [1.807, 2.05) is 30.3 Å². The van der Waals surface area contributed by atoms with Crippen molar-refractivity contribution in [3.63, 3.8) is 0 Å². The summed E-state index contributed by atoms with van der Waals surface area (Å²) in [6.45, 7) is 2.14. The third-order valence-corrected chi connectivity index (χ3v) is 5.55. The summed E-state index contributed by atoms with van der Waals surface area (Å²) in [7, 11) is 0. The number of anilines is 1. The van der Waals surface area contributed by atoms with E-state index in [9.17, 15) is 4.79 Å². The van der Waals surface area contributed by atoms with Crippen molar-refractivity contribution in [2.45, 2.75) is 37.6 Å². The highest BCUT2D eigenvalue weighted by atomic mass is 35.5. The summed E-state index contributed by atoms with van der Waals surface area (Å²) >= 11 is 0. The molecule has 1 aliphatic carbocycles. The minimum Gasteiger partial charge on any atom is -0.326 e. The van der Waals surface area contributed by atoms with E-state index in [1.54, 1.807) is 0 Å². The summed E-state index contributed by atoms with van der Waals surface area (Å²) in [6, 6.07) is 22.5. The summed E-state index contributed by atoms with van der Waals surface area (Å²) in [6.07, 6.45) is 2.43. The first kappa shape index (κ1) is 19.4. The van der Waals surface area contributed by atoms with Crippen molar-refractivity contribution in [2.75, 3.05) is 5.32 Å². The Labute approximate surface area is 166 Å². The molecule has 3 aromatic carbocycles. The van der Waals surface area contributed by atoms with Gasteiger partial charge in [-0.3, -0.25) is 4.79 Å². The lowest BCUT2D eigenvalue weighted by atomic mass is 10.0. The van der Waals surface area contributed by atoms with Gasteiger partial charge in [0.15, 0.2) is 0 Å². The van der Waals surface area contributed by atoms with E-state index in [-0.39, 0.29) is 23.9 Å². The molecule has 0 bridgehead atoms. The molecule has 3 aromatic rings. The molecule has 0 saturated heterocycles. The molecule has 1 aliphatic rings. The van der Waals surface area contributed by atoms with E-state index in [2.05, 4.69) is 48.6 Å². The van der Waals surface area contributed by atoms with Crippen molar-refractivity contribution in [3.8, 4) is 0 Å². The Hall–Kier alpha value is -2.36. The van der Waals surface area contributed by atoms with E-state index in [0.29, 0.717) is 12.3 Å². The number of halogens is 1. The fourth-order valence-corrected chi connectivity index (χ4v) is 3.70. The van der Waals surface area contributed by atoms with Gasteiger partial charge in [0.25, 0.3) is 0 Å². The number of rotatable bonds is 5. The molecule has 2 atom stereocenters. The summed E-state index contributed by atoms with van der Waals surface area (Å²) < 4.78 is 0. The number of carbonyl (C=O) groups is 1. The zero-order valence-corrected chi connectivity index (χ0v) is 16.3. The van der Waals surface area contributed by atoms with Crippen LogP contribution < -0.4 is 11.1 Å². The molecule has 3 nitrogen and oxygen atoms in total. The number of nitrogens with two attached hydrogens (primary N) is 1. The highest BCUT2D eigenvalue weighted by Gasteiger charge is 2.49. The van der Waals surface area contributed by atoms with Gasteiger partial charge in [0, 0.05) is 17.1 Å². The van der Waals surface area contributed by atoms with Gasteiger partial charge >= 0.3 is 0 Å². The number of hydrogen-bond acceptors (Lipinski definition) is 2. The lowest BCUT2D eigenvalue weighted by Crippen LogP contribution is -2.22. The normalized spacial score (nSPS) is 20.7. The van der Waals surface area contributed by atoms with E-state index in [4.69, 9.17) is 5.73 Å². The molecule has 0 heterocycles. The number of benzene rings is 3. The van der Waals surface area contributed by atoms with Crippen LogP contribution in [0.3, 0.4) is 0 Å². The Kier molecular flexibility index (Phi) is 5.54. The number of hydrogen-bond donors (Lipinski definition) is 2. The van der Waals surface area contributed by atoms with Crippen molar-refractivity contribution in [1.29, 1.82) is 0 Å². The molecule has 1 saturated carbocycles. The second kappa shape index (κ2) is 7.71. The zero-order valence-electron chi connectivity index (χ0n) is 15.4. The number of amides is 1. The quantitative estimate of drug-likeness (QED) is 0.651. The van der Waals surface area contributed by atoms with Crippen LogP contribution in [0.1, 0.15) is 36.8 Å². The molecule has 1 amide bonds. The Morgan fingerprint density at radius 1 is 1.07 bits per heavy atom. The molecule has 3 N–H and O–H groups in total. The fourth-order valence-electron chi connectivity index (χ4n) is 3.70. The van der Waals surface area contributed by atoms with Crippen molar-refractivity contribution >= 4 is 34.8 Å². The minimum absolute atomic E-state index is 0. The van der Waals surface area contributed by atoms with Crippen LogP contribution in [-0.4, -0.2) is 11.4 Å². The molecule has 0 radical (unpaired) electrons. The van der Waals surface area contributed by atoms with Crippen molar-refractivity contribution in [2.24, 2.45) is 5.73 Å². The maximum atomic E-state index is 12.4. The highest BCUT2D eigenvalue weighted by Crippen LogP contribution is 2.51. The lowest BCUT2D eigenvalue weighted by molar-refractivity contribution is -0.115. The molecule has 4 heteroatoms. The summed E-state index contributed by atoms with van der Waals surface area (Å²) in [5, 5.41) is 5.34. The van der Waals surface area contributed by atoms with Crippen molar-refractivity contribution in [1.82, 2.24) is 0 Å². The van der Waals surface area contributed by atoms with Gasteiger partial charge in [-0.25, -0.2) is 0 Å². The predicted molar refractivity (Wildman–Crippen MR) is 115 cm³/mol. The molecule has 0 aromatic heterocycles. The molecule has 0 aliphatic heterocycles. The molecular formula is C23H25ClN2O. The third-order valence-electron chi connectivity index (χ3n) is 5.55. The van der Waals surface area contributed by atoms with E-state index in [1.165, 1.54) is 10.9 Å². The van der Waals surface area contributed by atoms with Gasteiger partial charge < -0.3 is 11.1 Å². The first-order valence-electron chi connectivity index (χ1n) is 9.24. The van der Waals surface area contributed by atoms with E-state index in [0.717, 1.165) is 29.5 Å². The SMILES string of the molecule is CCC1(N)CC1c1ccc(NC(=O)Cc2ccc3ccccc3c2)cc1.Cl. The van der Waals surface area contributed by atoms with Crippen LogP contribution in [0.4, 0.5) is 5.69 Å². The topological polar surface area (TPSA) is 55.1 Å². The number of fused-ring (bicyclic) bond motifs is 1. The van der Waals surface area contributed by atoms with Crippen LogP contribution >= 0.6 is 12.4 Å². The monoisotopic (exact) mass is 380 g/mol. The average Bonchev–Trinajstić information content (AvgIpc) is 3.34. The first-order chi connectivity index (χ1) is 12.6. The maximum absolute atomic E-state index is 12.4. The average molecular weight is 381 g/mol. The van der Waals surface area contributed by atoms with Gasteiger partial charge in [-0.2, -0.15) is 0 Å². The highest BCUT2D eigenvalue weighted by molar-refractivity contribution is 5.93. The smallest absolute Gasteiger partial charge is 0.228 e. The van der Waals surface area contributed by atoms with Crippen LogP contribution in [0.25, 0.3) is 10.8 Å². The molecular weight excluding hydrogens is 356 g/mol. The standard InChI is InChI=1S/C23H24N2O.ClH/c1-2-23(24)15-21(23)18-9-11-20(12-10-18)25-22(26)14-16-7-8-17-5-3-4-6-19(17)13-16;/h3-13,21H,2,14-15,24H2,1H3,(H,25,26);1H. The second-order valence-electron chi connectivity index (χ2n) is 7.37. The lowest BCUT2D eigenvalue weighted by Gasteiger charge is -2.10. The fraction of sp³-hybridized carbons (Fsp3) is 0.261. The Morgan fingerprint density at radius 3 is 2.44 bits per heavy atom. The van der Waals surface area contributed by atoms with Gasteiger partial charge in [0.05, 0.1) is 6.42 Å². The van der Waals surface area contributed by atoms with Crippen LogP contribution in [0, 0.1) is 0 Å². The Balaban J connectivity index is 0.00000210. The predicted octanol–water partition coefficient (Wildman–Crippen LogP) is 5.04. The van der Waals surface area contributed by atoms with Gasteiger partial charge in [-0.15, -0.1) is 12.4 Å². The van der Waals surface area contributed by atoms with Crippen LogP contribution in [-0.2, 0) is 11.2 Å². The third kappa shape index (κ3) is 4.15. The molecule has 4 rings (SSSR count). The number of carbonyl (C=O) groups excluding carboxylic acids is 1. The maximum Gasteiger partial charge on any atom is 0.228 e. The van der Waals surface area contributed by atoms with Gasteiger partial charge in [0.1, 0.15) is 0 Å².